The maximum absolute atomic E-state index is 6.03. The summed E-state index contributed by atoms with van der Waals surface area (Å²) in [6, 6.07) is 8.39. The lowest BCUT2D eigenvalue weighted by atomic mass is 10.0. The molecule has 0 aromatic heterocycles. The van der Waals surface area contributed by atoms with Gasteiger partial charge in [0.05, 0.1) is 0 Å². The first-order chi connectivity index (χ1) is 6.25. The van der Waals surface area contributed by atoms with Crippen LogP contribution in [0.3, 0.4) is 0 Å². The predicted octanol–water partition coefficient (Wildman–Crippen LogP) is 3.26. The minimum absolute atomic E-state index is 0.145. The molecule has 1 rings (SSSR count). The van der Waals surface area contributed by atoms with Crippen molar-refractivity contribution in [2.45, 2.75) is 18.9 Å². The van der Waals surface area contributed by atoms with E-state index in [9.17, 15) is 0 Å². The van der Waals surface area contributed by atoms with Gasteiger partial charge in [0, 0.05) is 9.61 Å². The van der Waals surface area contributed by atoms with Gasteiger partial charge in [0.15, 0.2) is 0 Å². The Balaban J connectivity index is 2.70. The van der Waals surface area contributed by atoms with Crippen molar-refractivity contribution >= 4 is 22.6 Å². The van der Waals surface area contributed by atoms with Crippen molar-refractivity contribution in [2.24, 2.45) is 5.73 Å². The van der Waals surface area contributed by atoms with E-state index in [4.69, 9.17) is 5.73 Å². The number of rotatable bonds is 4. The third-order valence-electron chi connectivity index (χ3n) is 1.99. The van der Waals surface area contributed by atoms with Gasteiger partial charge in [0.1, 0.15) is 0 Å². The summed E-state index contributed by atoms with van der Waals surface area (Å²) < 4.78 is 1.25. The Bertz CT molecular complexity index is 283. The third kappa shape index (κ3) is 3.12. The normalized spacial score (nSPS) is 12.5. The first-order valence-corrected chi connectivity index (χ1v) is 5.44. The van der Waals surface area contributed by atoms with Crippen molar-refractivity contribution in [2.75, 3.05) is 0 Å². The minimum atomic E-state index is 0.145. The largest absolute Gasteiger partial charge is 0.324 e. The minimum Gasteiger partial charge on any atom is -0.324 e. The summed E-state index contributed by atoms with van der Waals surface area (Å²) in [4.78, 5) is 0. The molecule has 2 heteroatoms. The highest BCUT2D eigenvalue weighted by Crippen LogP contribution is 2.21. The fourth-order valence-electron chi connectivity index (χ4n) is 1.23. The number of nitrogens with two attached hydrogens (primary N) is 1. The highest BCUT2D eigenvalue weighted by atomic mass is 127. The number of allylic oxidation sites excluding steroid dienone is 1. The lowest BCUT2D eigenvalue weighted by Crippen LogP contribution is -2.11. The third-order valence-corrected chi connectivity index (χ3v) is 2.97. The monoisotopic (exact) mass is 287 g/mol. The number of halogens is 1. The maximum atomic E-state index is 6.03. The summed E-state index contributed by atoms with van der Waals surface area (Å²) in [7, 11) is 0. The summed E-state index contributed by atoms with van der Waals surface area (Å²) in [5, 5.41) is 0. The number of hydrogen-bond acceptors (Lipinski definition) is 1. The number of benzene rings is 1. The summed E-state index contributed by atoms with van der Waals surface area (Å²) >= 11 is 2.32. The van der Waals surface area contributed by atoms with E-state index < -0.39 is 0 Å². The molecule has 1 nitrogen and oxygen atoms in total. The van der Waals surface area contributed by atoms with Crippen LogP contribution in [0.15, 0.2) is 36.9 Å². The number of hydrogen-bond donors (Lipinski definition) is 1. The molecule has 0 unspecified atom stereocenters. The molecule has 0 aliphatic rings. The molecular formula is C11H14IN. The molecule has 0 radical (unpaired) electrons. The van der Waals surface area contributed by atoms with E-state index in [0.717, 1.165) is 12.8 Å². The van der Waals surface area contributed by atoms with Crippen LogP contribution in [0, 0.1) is 3.57 Å². The summed E-state index contributed by atoms with van der Waals surface area (Å²) in [6.45, 7) is 3.69. The Kier molecular flexibility index (Phi) is 4.45. The Morgan fingerprint density at radius 1 is 1.46 bits per heavy atom. The van der Waals surface area contributed by atoms with Gasteiger partial charge in [0.2, 0.25) is 0 Å². The van der Waals surface area contributed by atoms with Gasteiger partial charge in [0.25, 0.3) is 0 Å². The van der Waals surface area contributed by atoms with Gasteiger partial charge in [-0.25, -0.2) is 0 Å². The fourth-order valence-corrected chi connectivity index (χ4v) is 2.02. The lowest BCUT2D eigenvalue weighted by Gasteiger charge is -2.12. The zero-order chi connectivity index (χ0) is 9.68. The second-order valence-corrected chi connectivity index (χ2v) is 4.16. The van der Waals surface area contributed by atoms with E-state index in [0.29, 0.717) is 0 Å². The van der Waals surface area contributed by atoms with Crippen molar-refractivity contribution < 1.29 is 0 Å². The Morgan fingerprint density at radius 2 is 2.15 bits per heavy atom. The van der Waals surface area contributed by atoms with Gasteiger partial charge in [-0.3, -0.25) is 0 Å². The van der Waals surface area contributed by atoms with Crippen LogP contribution in [-0.2, 0) is 0 Å². The van der Waals surface area contributed by atoms with E-state index >= 15 is 0 Å². The van der Waals surface area contributed by atoms with Gasteiger partial charge in [-0.15, -0.1) is 6.58 Å². The molecule has 2 N–H and O–H groups in total. The molecule has 0 saturated heterocycles. The first-order valence-electron chi connectivity index (χ1n) is 4.36. The van der Waals surface area contributed by atoms with Crippen molar-refractivity contribution in [1.82, 2.24) is 0 Å². The van der Waals surface area contributed by atoms with Crippen LogP contribution in [0.1, 0.15) is 24.4 Å². The van der Waals surface area contributed by atoms with Gasteiger partial charge in [-0.05, 0) is 47.1 Å². The predicted molar refractivity (Wildman–Crippen MR) is 65.5 cm³/mol. The molecule has 13 heavy (non-hydrogen) atoms. The van der Waals surface area contributed by atoms with Crippen LogP contribution in [-0.4, -0.2) is 0 Å². The first kappa shape index (κ1) is 10.7. The maximum Gasteiger partial charge on any atom is 0.0308 e. The van der Waals surface area contributed by atoms with Gasteiger partial charge < -0.3 is 5.73 Å². The molecule has 0 fully saturated rings. The summed E-state index contributed by atoms with van der Waals surface area (Å²) in [5.41, 5.74) is 7.27. The van der Waals surface area contributed by atoms with Crippen molar-refractivity contribution in [3.63, 3.8) is 0 Å². The van der Waals surface area contributed by atoms with E-state index in [1.54, 1.807) is 0 Å². The highest BCUT2D eigenvalue weighted by Gasteiger charge is 2.07. The summed E-state index contributed by atoms with van der Waals surface area (Å²) in [5.74, 6) is 0. The lowest BCUT2D eigenvalue weighted by molar-refractivity contribution is 0.658. The van der Waals surface area contributed by atoms with Gasteiger partial charge >= 0.3 is 0 Å². The molecule has 0 aliphatic carbocycles. The van der Waals surface area contributed by atoms with E-state index in [1.807, 2.05) is 18.2 Å². The Hall–Kier alpha value is -0.350. The molecule has 1 aromatic rings. The quantitative estimate of drug-likeness (QED) is 0.667. The van der Waals surface area contributed by atoms with E-state index in [-0.39, 0.29) is 6.04 Å². The molecule has 0 aliphatic heterocycles. The van der Waals surface area contributed by atoms with Crippen molar-refractivity contribution in [3.8, 4) is 0 Å². The van der Waals surface area contributed by atoms with Crippen LogP contribution >= 0.6 is 22.6 Å². The molecular weight excluding hydrogens is 273 g/mol. The highest BCUT2D eigenvalue weighted by molar-refractivity contribution is 14.1. The van der Waals surface area contributed by atoms with E-state index in [1.165, 1.54) is 9.13 Å². The average Bonchev–Trinajstić information content (AvgIpc) is 2.15. The van der Waals surface area contributed by atoms with E-state index in [2.05, 4.69) is 41.3 Å². The van der Waals surface area contributed by atoms with Crippen molar-refractivity contribution in [3.05, 3.63) is 46.1 Å². The molecule has 1 atom stereocenters. The molecule has 0 saturated carbocycles. The van der Waals surface area contributed by atoms with Crippen LogP contribution in [0.25, 0.3) is 0 Å². The topological polar surface area (TPSA) is 26.0 Å². The smallest absolute Gasteiger partial charge is 0.0308 e. The molecule has 0 spiro atoms. The zero-order valence-electron chi connectivity index (χ0n) is 7.54. The molecule has 1 aromatic carbocycles. The van der Waals surface area contributed by atoms with Crippen LogP contribution < -0.4 is 5.73 Å². The zero-order valence-corrected chi connectivity index (χ0v) is 9.70. The molecule has 70 valence electrons. The molecule has 0 heterocycles. The van der Waals surface area contributed by atoms with Crippen LogP contribution in [0.4, 0.5) is 0 Å². The van der Waals surface area contributed by atoms with Crippen LogP contribution in [0.5, 0.6) is 0 Å². The second-order valence-electron chi connectivity index (χ2n) is 2.99. The fraction of sp³-hybridized carbons (Fsp3) is 0.273. The molecule has 0 amide bonds. The Morgan fingerprint density at radius 3 is 2.77 bits per heavy atom. The SMILES string of the molecule is C=CCC[C@H](N)c1ccccc1I. The van der Waals surface area contributed by atoms with Crippen molar-refractivity contribution in [1.29, 1.82) is 0 Å². The molecule has 0 bridgehead atoms. The van der Waals surface area contributed by atoms with Gasteiger partial charge in [-0.1, -0.05) is 24.3 Å². The summed E-state index contributed by atoms with van der Waals surface area (Å²) in [6.07, 6.45) is 3.87. The van der Waals surface area contributed by atoms with Crippen LogP contribution in [0.2, 0.25) is 0 Å². The van der Waals surface area contributed by atoms with Gasteiger partial charge in [-0.2, -0.15) is 0 Å². The second kappa shape index (κ2) is 5.40. The average molecular weight is 287 g/mol. The Labute approximate surface area is 93.2 Å². The standard InChI is InChI=1S/C11H14IN/c1-2-3-8-11(13)9-6-4-5-7-10(9)12/h2,4-7,11H,1,3,8,13H2/t11-/m0/s1.